The summed E-state index contributed by atoms with van der Waals surface area (Å²) in [6, 6.07) is 9.72. The van der Waals surface area contributed by atoms with E-state index in [9.17, 15) is 0 Å². The van der Waals surface area contributed by atoms with Crippen LogP contribution in [0.2, 0.25) is 0 Å². The lowest BCUT2D eigenvalue weighted by Crippen LogP contribution is -2.07. The van der Waals surface area contributed by atoms with E-state index in [0.29, 0.717) is 5.92 Å². The second-order valence-corrected chi connectivity index (χ2v) is 5.01. The molecular formula is C15H21N3O. The Bertz CT molecular complexity index is 542. The molecule has 1 atom stereocenters. The van der Waals surface area contributed by atoms with Crippen LogP contribution in [-0.2, 0) is 0 Å². The van der Waals surface area contributed by atoms with Crippen LogP contribution in [0, 0.1) is 5.92 Å². The topological polar surface area (TPSA) is 71.2 Å². The second kappa shape index (κ2) is 6.38. The average Bonchev–Trinajstić information content (AvgIpc) is 2.43. The number of rotatable bonds is 6. The standard InChI is InChI=1S/C15H21N3O/c1-11(10-19)3-2-8-17-15-7-4-12-9-13(16)5-6-14(12)18-15/h4-7,9,11,19H,2-3,8,10,16H2,1H3,(H,17,18). The summed E-state index contributed by atoms with van der Waals surface area (Å²) < 4.78 is 0. The van der Waals surface area contributed by atoms with Crippen LogP contribution in [0.15, 0.2) is 30.3 Å². The van der Waals surface area contributed by atoms with Crippen LogP contribution in [0.25, 0.3) is 10.9 Å². The first-order chi connectivity index (χ1) is 9.19. The van der Waals surface area contributed by atoms with Crippen molar-refractivity contribution >= 4 is 22.4 Å². The molecular weight excluding hydrogens is 238 g/mol. The molecule has 0 amide bonds. The maximum atomic E-state index is 8.95. The second-order valence-electron chi connectivity index (χ2n) is 5.01. The monoisotopic (exact) mass is 259 g/mol. The Hall–Kier alpha value is -1.81. The molecule has 0 saturated heterocycles. The molecule has 0 fully saturated rings. The minimum Gasteiger partial charge on any atom is -0.399 e. The molecule has 4 N–H and O–H groups in total. The molecule has 0 bridgehead atoms. The summed E-state index contributed by atoms with van der Waals surface area (Å²) in [4.78, 5) is 4.54. The molecule has 2 aromatic rings. The van der Waals surface area contributed by atoms with Crippen molar-refractivity contribution in [2.24, 2.45) is 5.92 Å². The number of aliphatic hydroxyl groups is 1. The molecule has 4 heteroatoms. The number of fused-ring (bicyclic) bond motifs is 1. The fourth-order valence-corrected chi connectivity index (χ4v) is 2.00. The Balaban J connectivity index is 1.92. The molecule has 19 heavy (non-hydrogen) atoms. The lowest BCUT2D eigenvalue weighted by molar-refractivity contribution is 0.229. The fourth-order valence-electron chi connectivity index (χ4n) is 2.00. The number of nitrogen functional groups attached to an aromatic ring is 1. The summed E-state index contributed by atoms with van der Waals surface area (Å²) in [6.45, 7) is 3.19. The molecule has 0 aliphatic rings. The third-order valence-corrected chi connectivity index (χ3v) is 3.20. The fraction of sp³-hybridized carbons (Fsp3) is 0.400. The first-order valence-electron chi connectivity index (χ1n) is 6.70. The van der Waals surface area contributed by atoms with E-state index in [1.54, 1.807) is 0 Å². The van der Waals surface area contributed by atoms with Gasteiger partial charge < -0.3 is 16.2 Å². The zero-order valence-electron chi connectivity index (χ0n) is 11.3. The van der Waals surface area contributed by atoms with Gasteiger partial charge in [0.1, 0.15) is 5.82 Å². The first-order valence-corrected chi connectivity index (χ1v) is 6.70. The number of pyridine rings is 1. The maximum Gasteiger partial charge on any atom is 0.126 e. The molecule has 0 aliphatic heterocycles. The summed E-state index contributed by atoms with van der Waals surface area (Å²) in [5.74, 6) is 1.25. The van der Waals surface area contributed by atoms with E-state index < -0.39 is 0 Å². The van der Waals surface area contributed by atoms with Crippen molar-refractivity contribution < 1.29 is 5.11 Å². The van der Waals surface area contributed by atoms with Gasteiger partial charge in [0, 0.05) is 24.2 Å². The molecule has 1 aromatic carbocycles. The van der Waals surface area contributed by atoms with Crippen LogP contribution < -0.4 is 11.1 Å². The third kappa shape index (κ3) is 3.83. The van der Waals surface area contributed by atoms with E-state index in [1.165, 1.54) is 0 Å². The number of benzene rings is 1. The normalized spacial score (nSPS) is 12.5. The minimum atomic E-state index is 0.260. The van der Waals surface area contributed by atoms with Gasteiger partial charge in [0.05, 0.1) is 5.52 Å². The predicted molar refractivity (Wildman–Crippen MR) is 80.1 cm³/mol. The van der Waals surface area contributed by atoms with Gasteiger partial charge in [-0.05, 0) is 49.1 Å². The van der Waals surface area contributed by atoms with Gasteiger partial charge in [-0.25, -0.2) is 4.98 Å². The van der Waals surface area contributed by atoms with Gasteiger partial charge in [-0.3, -0.25) is 0 Å². The zero-order chi connectivity index (χ0) is 13.7. The van der Waals surface area contributed by atoms with Crippen LogP contribution in [0.5, 0.6) is 0 Å². The highest BCUT2D eigenvalue weighted by Crippen LogP contribution is 2.18. The summed E-state index contributed by atoms with van der Waals surface area (Å²) in [5.41, 5.74) is 7.44. The number of hydrogen-bond donors (Lipinski definition) is 3. The van der Waals surface area contributed by atoms with Crippen molar-refractivity contribution in [2.75, 3.05) is 24.2 Å². The van der Waals surface area contributed by atoms with Crippen molar-refractivity contribution in [3.05, 3.63) is 30.3 Å². The molecule has 2 rings (SSSR count). The Morgan fingerprint density at radius 3 is 2.95 bits per heavy atom. The largest absolute Gasteiger partial charge is 0.399 e. The number of hydrogen-bond acceptors (Lipinski definition) is 4. The third-order valence-electron chi connectivity index (χ3n) is 3.20. The Morgan fingerprint density at radius 1 is 1.32 bits per heavy atom. The average molecular weight is 259 g/mol. The summed E-state index contributed by atoms with van der Waals surface area (Å²) in [7, 11) is 0. The summed E-state index contributed by atoms with van der Waals surface area (Å²) >= 11 is 0. The summed E-state index contributed by atoms with van der Waals surface area (Å²) in [6.07, 6.45) is 2.05. The van der Waals surface area contributed by atoms with Gasteiger partial charge in [-0.1, -0.05) is 6.92 Å². The van der Waals surface area contributed by atoms with Crippen LogP contribution in [0.1, 0.15) is 19.8 Å². The molecule has 0 spiro atoms. The number of anilines is 2. The van der Waals surface area contributed by atoms with Crippen molar-refractivity contribution in [3.63, 3.8) is 0 Å². The molecule has 4 nitrogen and oxygen atoms in total. The van der Waals surface area contributed by atoms with Gasteiger partial charge in [-0.15, -0.1) is 0 Å². The highest BCUT2D eigenvalue weighted by atomic mass is 16.3. The molecule has 1 heterocycles. The van der Waals surface area contributed by atoms with Crippen LogP contribution >= 0.6 is 0 Å². The van der Waals surface area contributed by atoms with Crippen LogP contribution in [-0.4, -0.2) is 23.2 Å². The van der Waals surface area contributed by atoms with Gasteiger partial charge in [0.15, 0.2) is 0 Å². The summed E-state index contributed by atoms with van der Waals surface area (Å²) in [5, 5.41) is 13.3. The minimum absolute atomic E-state index is 0.260. The predicted octanol–water partition coefficient (Wildman–Crippen LogP) is 2.64. The molecule has 1 unspecified atom stereocenters. The molecule has 0 aliphatic carbocycles. The Labute approximate surface area is 113 Å². The van der Waals surface area contributed by atoms with Crippen molar-refractivity contribution in [1.29, 1.82) is 0 Å². The Kier molecular flexibility index (Phi) is 4.58. The molecule has 0 radical (unpaired) electrons. The molecule has 1 aromatic heterocycles. The number of nitrogens with one attached hydrogen (secondary N) is 1. The van der Waals surface area contributed by atoms with E-state index in [2.05, 4.69) is 17.2 Å². The van der Waals surface area contributed by atoms with E-state index in [4.69, 9.17) is 10.8 Å². The van der Waals surface area contributed by atoms with Crippen LogP contribution in [0.3, 0.4) is 0 Å². The maximum absolute atomic E-state index is 8.95. The zero-order valence-corrected chi connectivity index (χ0v) is 11.3. The number of nitrogens with two attached hydrogens (primary N) is 1. The number of nitrogens with zero attached hydrogens (tertiary/aromatic N) is 1. The molecule has 102 valence electrons. The van der Waals surface area contributed by atoms with Gasteiger partial charge in [-0.2, -0.15) is 0 Å². The lowest BCUT2D eigenvalue weighted by atomic mass is 10.1. The Morgan fingerprint density at radius 2 is 2.16 bits per heavy atom. The van der Waals surface area contributed by atoms with E-state index in [0.717, 1.165) is 41.8 Å². The highest BCUT2D eigenvalue weighted by molar-refractivity contribution is 5.83. The van der Waals surface area contributed by atoms with E-state index in [1.807, 2.05) is 30.3 Å². The van der Waals surface area contributed by atoms with Gasteiger partial charge in [0.25, 0.3) is 0 Å². The highest BCUT2D eigenvalue weighted by Gasteiger charge is 2.01. The first kappa shape index (κ1) is 13.6. The van der Waals surface area contributed by atoms with Crippen molar-refractivity contribution in [2.45, 2.75) is 19.8 Å². The van der Waals surface area contributed by atoms with Gasteiger partial charge in [0.2, 0.25) is 0 Å². The number of aliphatic hydroxyl groups excluding tert-OH is 1. The van der Waals surface area contributed by atoms with Crippen molar-refractivity contribution in [1.82, 2.24) is 4.98 Å². The smallest absolute Gasteiger partial charge is 0.126 e. The van der Waals surface area contributed by atoms with E-state index >= 15 is 0 Å². The van der Waals surface area contributed by atoms with Crippen molar-refractivity contribution in [3.8, 4) is 0 Å². The van der Waals surface area contributed by atoms with Crippen LogP contribution in [0.4, 0.5) is 11.5 Å². The van der Waals surface area contributed by atoms with E-state index in [-0.39, 0.29) is 6.61 Å². The lowest BCUT2D eigenvalue weighted by Gasteiger charge is -2.09. The number of aromatic nitrogens is 1. The quantitative estimate of drug-likeness (QED) is 0.551. The van der Waals surface area contributed by atoms with Gasteiger partial charge >= 0.3 is 0 Å². The molecule has 0 saturated carbocycles. The SMILES string of the molecule is CC(CO)CCCNc1ccc2cc(N)ccc2n1.